The lowest BCUT2D eigenvalue weighted by Crippen LogP contribution is -1.95. The van der Waals surface area contributed by atoms with Gasteiger partial charge in [0.05, 0.1) is 20.8 Å². The molecular weight excluding hydrogens is 315 g/mol. The third-order valence-electron chi connectivity index (χ3n) is 2.00. The molecule has 0 spiro atoms. The molecule has 0 aliphatic heterocycles. The number of furan rings is 1. The van der Waals surface area contributed by atoms with Gasteiger partial charge in [-0.05, 0) is 28.1 Å². The van der Waals surface area contributed by atoms with Crippen LogP contribution >= 0.6 is 39.1 Å². The van der Waals surface area contributed by atoms with Crippen LogP contribution in [-0.2, 0) is 0 Å². The number of aromatic nitrogens is 1. The zero-order valence-corrected chi connectivity index (χ0v) is 11.3. The third-order valence-corrected chi connectivity index (χ3v) is 3.20. The van der Waals surface area contributed by atoms with Crippen molar-refractivity contribution in [1.29, 1.82) is 0 Å². The fraction of sp³-hybridized carbons (Fsp3) is 0.100. The van der Waals surface area contributed by atoms with Crippen molar-refractivity contribution in [3.05, 3.63) is 32.9 Å². The van der Waals surface area contributed by atoms with Crippen LogP contribution in [0.1, 0.15) is 0 Å². The molecule has 16 heavy (non-hydrogen) atoms. The molecule has 1 N–H and O–H groups in total. The molecule has 0 aromatic carbocycles. The van der Waals surface area contributed by atoms with Crippen LogP contribution in [0.2, 0.25) is 10.0 Å². The monoisotopic (exact) mass is 320 g/mol. The Labute approximate surface area is 111 Å². The van der Waals surface area contributed by atoms with E-state index in [4.69, 9.17) is 27.6 Å². The van der Waals surface area contributed by atoms with E-state index in [-0.39, 0.29) is 0 Å². The number of halogens is 3. The first kappa shape index (κ1) is 11.8. The van der Waals surface area contributed by atoms with Crippen molar-refractivity contribution in [3.63, 3.8) is 0 Å². The van der Waals surface area contributed by atoms with Crippen molar-refractivity contribution in [2.45, 2.75) is 0 Å². The maximum atomic E-state index is 6.07. The van der Waals surface area contributed by atoms with Crippen molar-refractivity contribution in [3.8, 4) is 11.5 Å². The predicted molar refractivity (Wildman–Crippen MR) is 69.2 cm³/mol. The SMILES string of the molecule is CNc1nc(-c2occc2Br)c(Cl)cc1Cl. The molecule has 0 radical (unpaired) electrons. The number of pyridine rings is 1. The van der Waals surface area contributed by atoms with Gasteiger partial charge in [-0.15, -0.1) is 0 Å². The van der Waals surface area contributed by atoms with E-state index in [1.807, 2.05) is 0 Å². The minimum absolute atomic E-state index is 0.444. The molecule has 2 heterocycles. The highest BCUT2D eigenvalue weighted by Gasteiger charge is 2.15. The zero-order valence-electron chi connectivity index (χ0n) is 8.22. The first-order chi connectivity index (χ1) is 7.63. The average Bonchev–Trinajstić information content (AvgIpc) is 2.65. The highest BCUT2D eigenvalue weighted by Crippen LogP contribution is 2.36. The molecule has 0 aliphatic carbocycles. The van der Waals surface area contributed by atoms with Crippen LogP contribution in [0.4, 0.5) is 5.82 Å². The van der Waals surface area contributed by atoms with Gasteiger partial charge in [0.15, 0.2) is 5.76 Å². The number of anilines is 1. The van der Waals surface area contributed by atoms with Crippen LogP contribution in [0.25, 0.3) is 11.5 Å². The van der Waals surface area contributed by atoms with E-state index >= 15 is 0 Å². The molecule has 3 nitrogen and oxygen atoms in total. The van der Waals surface area contributed by atoms with Gasteiger partial charge in [-0.3, -0.25) is 0 Å². The summed E-state index contributed by atoms with van der Waals surface area (Å²) >= 11 is 15.4. The van der Waals surface area contributed by atoms with Crippen molar-refractivity contribution in [2.24, 2.45) is 0 Å². The second-order valence-electron chi connectivity index (χ2n) is 3.00. The maximum Gasteiger partial charge on any atom is 0.168 e. The summed E-state index contributed by atoms with van der Waals surface area (Å²) in [7, 11) is 1.74. The summed E-state index contributed by atoms with van der Waals surface area (Å²) in [6.45, 7) is 0. The lowest BCUT2D eigenvalue weighted by Gasteiger charge is -2.06. The maximum absolute atomic E-state index is 6.07. The minimum Gasteiger partial charge on any atom is -0.461 e. The van der Waals surface area contributed by atoms with Crippen molar-refractivity contribution in [1.82, 2.24) is 4.98 Å². The van der Waals surface area contributed by atoms with Gasteiger partial charge in [0, 0.05) is 7.05 Å². The van der Waals surface area contributed by atoms with Crippen molar-refractivity contribution in [2.75, 3.05) is 12.4 Å². The van der Waals surface area contributed by atoms with Gasteiger partial charge >= 0.3 is 0 Å². The highest BCUT2D eigenvalue weighted by molar-refractivity contribution is 9.10. The van der Waals surface area contributed by atoms with E-state index in [2.05, 4.69) is 26.2 Å². The van der Waals surface area contributed by atoms with E-state index in [0.717, 1.165) is 4.47 Å². The largest absolute Gasteiger partial charge is 0.461 e. The van der Waals surface area contributed by atoms with Gasteiger partial charge in [-0.1, -0.05) is 23.2 Å². The molecule has 0 amide bonds. The summed E-state index contributed by atoms with van der Waals surface area (Å²) < 4.78 is 6.10. The smallest absolute Gasteiger partial charge is 0.168 e. The summed E-state index contributed by atoms with van der Waals surface area (Å²) in [5, 5.41) is 3.80. The molecule has 84 valence electrons. The van der Waals surface area contributed by atoms with Gasteiger partial charge in [-0.2, -0.15) is 0 Å². The number of hydrogen-bond donors (Lipinski definition) is 1. The Morgan fingerprint density at radius 3 is 2.69 bits per heavy atom. The molecule has 0 fully saturated rings. The second kappa shape index (κ2) is 4.65. The van der Waals surface area contributed by atoms with Crippen LogP contribution in [0, 0.1) is 0 Å². The Morgan fingerprint density at radius 1 is 1.38 bits per heavy atom. The first-order valence-electron chi connectivity index (χ1n) is 4.40. The van der Waals surface area contributed by atoms with E-state index < -0.39 is 0 Å². The van der Waals surface area contributed by atoms with Crippen molar-refractivity contribution >= 4 is 44.9 Å². The fourth-order valence-corrected chi connectivity index (χ4v) is 2.19. The number of nitrogens with zero attached hydrogens (tertiary/aromatic N) is 1. The Bertz CT molecular complexity index is 528. The molecule has 0 saturated heterocycles. The van der Waals surface area contributed by atoms with Gasteiger partial charge in [0.1, 0.15) is 11.5 Å². The molecule has 6 heteroatoms. The summed E-state index contributed by atoms with van der Waals surface area (Å²) in [6.07, 6.45) is 1.56. The quantitative estimate of drug-likeness (QED) is 0.887. The van der Waals surface area contributed by atoms with Gasteiger partial charge in [0.2, 0.25) is 0 Å². The second-order valence-corrected chi connectivity index (χ2v) is 4.67. The van der Waals surface area contributed by atoms with E-state index in [1.54, 1.807) is 25.4 Å². The lowest BCUT2D eigenvalue weighted by molar-refractivity contribution is 0.579. The van der Waals surface area contributed by atoms with Crippen LogP contribution in [0.15, 0.2) is 27.3 Å². The zero-order chi connectivity index (χ0) is 11.7. The molecule has 0 aliphatic rings. The van der Waals surface area contributed by atoms with Crippen molar-refractivity contribution < 1.29 is 4.42 Å². The fourth-order valence-electron chi connectivity index (χ4n) is 1.26. The normalized spacial score (nSPS) is 10.5. The predicted octanol–water partition coefficient (Wildman–Crippen LogP) is 4.45. The summed E-state index contributed by atoms with van der Waals surface area (Å²) in [6, 6.07) is 3.41. The molecular formula is C10H7BrCl2N2O. The molecule has 0 atom stereocenters. The summed E-state index contributed by atoms with van der Waals surface area (Å²) in [5.41, 5.74) is 0.548. The van der Waals surface area contributed by atoms with E-state index in [9.17, 15) is 0 Å². The van der Waals surface area contributed by atoms with E-state index in [1.165, 1.54) is 0 Å². The molecule has 0 bridgehead atoms. The third kappa shape index (κ3) is 2.05. The topological polar surface area (TPSA) is 38.1 Å². The average molecular weight is 322 g/mol. The minimum atomic E-state index is 0.444. The first-order valence-corrected chi connectivity index (χ1v) is 5.95. The Kier molecular flexibility index (Phi) is 3.42. The molecule has 2 aromatic rings. The van der Waals surface area contributed by atoms with Crippen LogP contribution in [0.5, 0.6) is 0 Å². The van der Waals surface area contributed by atoms with E-state index in [0.29, 0.717) is 27.3 Å². The number of rotatable bonds is 2. The molecule has 2 aromatic heterocycles. The molecule has 0 unspecified atom stereocenters. The van der Waals surface area contributed by atoms with Crippen LogP contribution in [-0.4, -0.2) is 12.0 Å². The summed E-state index contributed by atoms with van der Waals surface area (Å²) in [4.78, 5) is 4.29. The Hall–Kier alpha value is -0.710. The Balaban J connectivity index is 2.61. The number of nitrogens with one attached hydrogen (secondary N) is 1. The molecule has 2 rings (SSSR count). The molecule has 0 saturated carbocycles. The lowest BCUT2D eigenvalue weighted by atomic mass is 10.3. The number of hydrogen-bond acceptors (Lipinski definition) is 3. The van der Waals surface area contributed by atoms with Gasteiger partial charge < -0.3 is 9.73 Å². The van der Waals surface area contributed by atoms with Gasteiger partial charge in [-0.25, -0.2) is 4.98 Å². The van der Waals surface area contributed by atoms with Crippen LogP contribution in [0.3, 0.4) is 0 Å². The van der Waals surface area contributed by atoms with Gasteiger partial charge in [0.25, 0.3) is 0 Å². The van der Waals surface area contributed by atoms with Crippen LogP contribution < -0.4 is 5.32 Å². The summed E-state index contributed by atoms with van der Waals surface area (Å²) in [5.74, 6) is 1.14. The Morgan fingerprint density at radius 2 is 2.12 bits per heavy atom. The standard InChI is InChI=1S/C10H7BrCl2N2O/c1-14-10-7(13)4-6(12)8(15-10)9-5(11)2-3-16-9/h2-4H,1H3,(H,14,15). The highest BCUT2D eigenvalue weighted by atomic mass is 79.9.